The average Bonchev–Trinajstić information content (AvgIpc) is 3.02. The van der Waals surface area contributed by atoms with Gasteiger partial charge in [-0.05, 0) is 52.9 Å². The Bertz CT molecular complexity index is 853. The average molecular weight is 347 g/mol. The number of benzene rings is 2. The van der Waals surface area contributed by atoms with Crippen LogP contribution >= 0.6 is 11.8 Å². The molecule has 1 amide bonds. The molecule has 0 saturated carbocycles. The predicted molar refractivity (Wildman–Crippen MR) is 84.9 cm³/mol. The Morgan fingerprint density at radius 2 is 1.92 bits per heavy atom. The molecule has 2 aromatic carbocycles. The molecule has 0 unspecified atom stereocenters. The third-order valence-corrected chi connectivity index (χ3v) is 3.87. The standard InChI is InChI=1S/C15H11F2N5OS/c16-10-4-6-13(7-5-10)22-15(19-20-21-22)24-9-14(23)18-12-3-1-2-11(17)8-12/h1-8H,9H2,(H,18,23). The summed E-state index contributed by atoms with van der Waals surface area (Å²) in [6, 6.07) is 11.3. The van der Waals surface area contributed by atoms with Gasteiger partial charge >= 0.3 is 0 Å². The fraction of sp³-hybridized carbons (Fsp3) is 0.0667. The van der Waals surface area contributed by atoms with Crippen LogP contribution in [0.5, 0.6) is 0 Å². The van der Waals surface area contributed by atoms with Crippen molar-refractivity contribution in [3.05, 3.63) is 60.2 Å². The van der Waals surface area contributed by atoms with Gasteiger partial charge in [-0.25, -0.2) is 8.78 Å². The molecule has 0 atom stereocenters. The van der Waals surface area contributed by atoms with Crippen LogP contribution < -0.4 is 5.32 Å². The van der Waals surface area contributed by atoms with Crippen LogP contribution in [-0.4, -0.2) is 31.9 Å². The lowest BCUT2D eigenvalue weighted by Gasteiger charge is -2.06. The molecule has 3 aromatic rings. The highest BCUT2D eigenvalue weighted by atomic mass is 32.2. The molecule has 0 aliphatic heterocycles. The molecule has 0 fully saturated rings. The number of hydrogen-bond donors (Lipinski definition) is 1. The smallest absolute Gasteiger partial charge is 0.234 e. The molecule has 1 N–H and O–H groups in total. The maximum atomic E-state index is 13.1. The van der Waals surface area contributed by atoms with Gasteiger partial charge in [0.2, 0.25) is 11.1 Å². The van der Waals surface area contributed by atoms with Crippen LogP contribution in [0.3, 0.4) is 0 Å². The minimum absolute atomic E-state index is 0.0398. The number of amides is 1. The molecule has 0 bridgehead atoms. The molecule has 0 aliphatic carbocycles. The summed E-state index contributed by atoms with van der Waals surface area (Å²) in [5.74, 6) is -1.08. The largest absolute Gasteiger partial charge is 0.325 e. The highest BCUT2D eigenvalue weighted by Crippen LogP contribution is 2.19. The maximum Gasteiger partial charge on any atom is 0.234 e. The van der Waals surface area contributed by atoms with Gasteiger partial charge in [0.25, 0.3) is 0 Å². The number of tetrazole rings is 1. The number of halogens is 2. The summed E-state index contributed by atoms with van der Waals surface area (Å²) in [4.78, 5) is 11.9. The Morgan fingerprint density at radius 1 is 1.12 bits per heavy atom. The first-order chi connectivity index (χ1) is 11.6. The van der Waals surface area contributed by atoms with E-state index in [1.54, 1.807) is 6.07 Å². The van der Waals surface area contributed by atoms with Crippen LogP contribution in [0.25, 0.3) is 5.69 Å². The Balaban J connectivity index is 1.64. The summed E-state index contributed by atoms with van der Waals surface area (Å²) < 4.78 is 27.5. The molecule has 0 saturated heterocycles. The summed E-state index contributed by atoms with van der Waals surface area (Å²) in [5.41, 5.74) is 0.952. The van der Waals surface area contributed by atoms with Crippen molar-refractivity contribution in [2.24, 2.45) is 0 Å². The number of nitrogens with one attached hydrogen (secondary N) is 1. The summed E-state index contributed by atoms with van der Waals surface area (Å²) in [7, 11) is 0. The third kappa shape index (κ3) is 3.93. The zero-order valence-electron chi connectivity index (χ0n) is 12.2. The molecule has 3 rings (SSSR count). The van der Waals surface area contributed by atoms with Gasteiger partial charge < -0.3 is 5.32 Å². The minimum Gasteiger partial charge on any atom is -0.325 e. The van der Waals surface area contributed by atoms with Crippen LogP contribution in [0.2, 0.25) is 0 Å². The molecule has 1 heterocycles. The van der Waals surface area contributed by atoms with Crippen LogP contribution in [0.1, 0.15) is 0 Å². The zero-order valence-corrected chi connectivity index (χ0v) is 13.0. The molecular formula is C15H11F2N5OS. The van der Waals surface area contributed by atoms with Gasteiger partial charge in [0.05, 0.1) is 11.4 Å². The van der Waals surface area contributed by atoms with Crippen molar-refractivity contribution < 1.29 is 13.6 Å². The van der Waals surface area contributed by atoms with E-state index in [9.17, 15) is 13.6 Å². The summed E-state index contributed by atoms with van der Waals surface area (Å²) in [6.45, 7) is 0. The first-order valence-electron chi connectivity index (χ1n) is 6.84. The molecule has 0 spiro atoms. The minimum atomic E-state index is -0.430. The van der Waals surface area contributed by atoms with Crippen LogP contribution in [0.4, 0.5) is 14.5 Å². The lowest BCUT2D eigenvalue weighted by atomic mass is 10.3. The number of nitrogens with zero attached hydrogens (tertiary/aromatic N) is 4. The number of carbonyl (C=O) groups is 1. The van der Waals surface area contributed by atoms with Crippen LogP contribution in [0, 0.1) is 11.6 Å². The third-order valence-electron chi connectivity index (χ3n) is 2.95. The van der Waals surface area contributed by atoms with Gasteiger partial charge in [-0.1, -0.05) is 17.8 Å². The monoisotopic (exact) mass is 347 g/mol. The van der Waals surface area contributed by atoms with Gasteiger partial charge in [0, 0.05) is 5.69 Å². The van der Waals surface area contributed by atoms with E-state index in [0.717, 1.165) is 11.8 Å². The number of carbonyl (C=O) groups excluding carboxylic acids is 1. The number of aromatic nitrogens is 4. The first kappa shape index (κ1) is 16.1. The van der Waals surface area contributed by atoms with E-state index in [-0.39, 0.29) is 17.5 Å². The van der Waals surface area contributed by atoms with E-state index in [4.69, 9.17) is 0 Å². The van der Waals surface area contributed by atoms with Crippen molar-refractivity contribution in [1.82, 2.24) is 20.2 Å². The van der Waals surface area contributed by atoms with Crippen LogP contribution in [0.15, 0.2) is 53.7 Å². The van der Waals surface area contributed by atoms with Gasteiger partial charge in [0.15, 0.2) is 0 Å². The molecule has 6 nitrogen and oxygen atoms in total. The first-order valence-corrected chi connectivity index (χ1v) is 7.83. The van der Waals surface area contributed by atoms with E-state index in [1.165, 1.54) is 47.1 Å². The number of anilines is 1. The van der Waals surface area contributed by atoms with E-state index >= 15 is 0 Å². The lowest BCUT2D eigenvalue weighted by molar-refractivity contribution is -0.113. The van der Waals surface area contributed by atoms with E-state index in [0.29, 0.717) is 16.5 Å². The Hall–Kier alpha value is -2.81. The number of thioether (sulfide) groups is 1. The molecular weight excluding hydrogens is 336 g/mol. The Morgan fingerprint density at radius 3 is 2.67 bits per heavy atom. The topological polar surface area (TPSA) is 72.7 Å². The fourth-order valence-corrected chi connectivity index (χ4v) is 2.60. The predicted octanol–water partition coefficient (Wildman–Crippen LogP) is 2.67. The lowest BCUT2D eigenvalue weighted by Crippen LogP contribution is -2.14. The molecule has 0 radical (unpaired) electrons. The van der Waals surface area contributed by atoms with Gasteiger partial charge in [0.1, 0.15) is 11.6 Å². The molecule has 9 heteroatoms. The molecule has 122 valence electrons. The second kappa shape index (κ2) is 7.18. The van der Waals surface area contributed by atoms with E-state index < -0.39 is 5.82 Å². The van der Waals surface area contributed by atoms with Crippen molar-refractivity contribution in [3.8, 4) is 5.69 Å². The van der Waals surface area contributed by atoms with Gasteiger partial charge in [-0.3, -0.25) is 4.79 Å². The second-order valence-electron chi connectivity index (χ2n) is 4.70. The maximum absolute atomic E-state index is 13.1. The SMILES string of the molecule is O=C(CSc1nnnn1-c1ccc(F)cc1)Nc1cccc(F)c1. The van der Waals surface area contributed by atoms with Crippen molar-refractivity contribution in [2.75, 3.05) is 11.1 Å². The zero-order chi connectivity index (χ0) is 16.9. The number of rotatable bonds is 5. The molecule has 1 aromatic heterocycles. The molecule has 0 aliphatic rings. The van der Waals surface area contributed by atoms with Gasteiger partial charge in [-0.2, -0.15) is 4.68 Å². The summed E-state index contributed by atoms with van der Waals surface area (Å²) in [5, 5.41) is 14.2. The normalized spacial score (nSPS) is 10.6. The van der Waals surface area contributed by atoms with Crippen molar-refractivity contribution in [1.29, 1.82) is 0 Å². The van der Waals surface area contributed by atoms with Crippen molar-refractivity contribution in [2.45, 2.75) is 5.16 Å². The highest BCUT2D eigenvalue weighted by Gasteiger charge is 2.12. The molecule has 24 heavy (non-hydrogen) atoms. The Labute approximate surface area is 139 Å². The second-order valence-corrected chi connectivity index (χ2v) is 5.64. The van der Waals surface area contributed by atoms with Crippen molar-refractivity contribution in [3.63, 3.8) is 0 Å². The van der Waals surface area contributed by atoms with E-state index in [1.807, 2.05) is 0 Å². The quantitative estimate of drug-likeness (QED) is 0.719. The summed E-state index contributed by atoms with van der Waals surface area (Å²) in [6.07, 6.45) is 0. The summed E-state index contributed by atoms with van der Waals surface area (Å²) >= 11 is 1.11. The number of hydrogen-bond acceptors (Lipinski definition) is 5. The fourth-order valence-electron chi connectivity index (χ4n) is 1.91. The Kier molecular flexibility index (Phi) is 4.80. The van der Waals surface area contributed by atoms with Crippen LogP contribution in [-0.2, 0) is 4.79 Å². The van der Waals surface area contributed by atoms with E-state index in [2.05, 4.69) is 20.8 Å². The van der Waals surface area contributed by atoms with Crippen molar-refractivity contribution >= 4 is 23.4 Å². The van der Waals surface area contributed by atoms with Gasteiger partial charge in [-0.15, -0.1) is 5.10 Å². The highest BCUT2D eigenvalue weighted by molar-refractivity contribution is 7.99.